The summed E-state index contributed by atoms with van der Waals surface area (Å²) in [5, 5.41) is 3.41. The first-order chi connectivity index (χ1) is 11.7. The van der Waals surface area contributed by atoms with Crippen molar-refractivity contribution in [2.75, 3.05) is 12.4 Å². The standard InChI is InChI=1S/C18H15BrN2O2S/c1-23-16-9-5-3-7-14(16)17(22)21-18-20-11-13(24-18)10-12-6-2-4-8-15(12)19/h2-9,11H,10H2,1H3,(H,20,21,22). The van der Waals surface area contributed by atoms with E-state index in [0.717, 1.165) is 15.8 Å². The smallest absolute Gasteiger partial charge is 0.261 e. The number of nitrogens with one attached hydrogen (secondary N) is 1. The Morgan fingerprint density at radius 2 is 1.96 bits per heavy atom. The van der Waals surface area contributed by atoms with Crippen molar-refractivity contribution in [1.29, 1.82) is 0 Å². The van der Waals surface area contributed by atoms with Crippen LogP contribution < -0.4 is 10.1 Å². The number of amides is 1. The highest BCUT2D eigenvalue weighted by Crippen LogP contribution is 2.26. The molecule has 0 bridgehead atoms. The Balaban J connectivity index is 1.72. The molecule has 0 atom stereocenters. The number of nitrogens with zero attached hydrogens (tertiary/aromatic N) is 1. The molecule has 4 nitrogen and oxygen atoms in total. The Hall–Kier alpha value is -2.18. The number of ether oxygens (including phenoxy) is 1. The molecule has 3 rings (SSSR count). The van der Waals surface area contributed by atoms with Gasteiger partial charge < -0.3 is 4.74 Å². The van der Waals surface area contributed by atoms with Crippen LogP contribution in [0.25, 0.3) is 0 Å². The van der Waals surface area contributed by atoms with Gasteiger partial charge >= 0.3 is 0 Å². The number of carbonyl (C=O) groups excluding carboxylic acids is 1. The molecule has 24 heavy (non-hydrogen) atoms. The summed E-state index contributed by atoms with van der Waals surface area (Å²) < 4.78 is 6.29. The Morgan fingerprint density at radius 3 is 2.75 bits per heavy atom. The van der Waals surface area contributed by atoms with Crippen LogP contribution in [0.1, 0.15) is 20.8 Å². The number of hydrogen-bond donors (Lipinski definition) is 1. The molecule has 0 fully saturated rings. The summed E-state index contributed by atoms with van der Waals surface area (Å²) in [5.74, 6) is 0.314. The topological polar surface area (TPSA) is 51.2 Å². The quantitative estimate of drug-likeness (QED) is 0.669. The molecule has 1 aromatic heterocycles. The molecule has 6 heteroatoms. The summed E-state index contributed by atoms with van der Waals surface area (Å²) >= 11 is 5.02. The van der Waals surface area contributed by atoms with Gasteiger partial charge in [0.2, 0.25) is 0 Å². The van der Waals surface area contributed by atoms with Gasteiger partial charge in [-0.25, -0.2) is 4.98 Å². The van der Waals surface area contributed by atoms with Crippen molar-refractivity contribution in [2.45, 2.75) is 6.42 Å². The number of halogens is 1. The zero-order valence-corrected chi connectivity index (χ0v) is 15.4. The normalized spacial score (nSPS) is 10.4. The van der Waals surface area contributed by atoms with E-state index in [1.165, 1.54) is 16.9 Å². The van der Waals surface area contributed by atoms with Gasteiger partial charge in [0.1, 0.15) is 5.75 Å². The second-order valence-electron chi connectivity index (χ2n) is 5.05. The molecule has 0 radical (unpaired) electrons. The SMILES string of the molecule is COc1ccccc1C(=O)Nc1ncc(Cc2ccccc2Br)s1. The second kappa shape index (κ2) is 7.59. The Bertz CT molecular complexity index is 863. The largest absolute Gasteiger partial charge is 0.496 e. The fourth-order valence-corrected chi connectivity index (χ4v) is 3.53. The highest BCUT2D eigenvalue weighted by Gasteiger charge is 2.13. The molecule has 0 unspecified atom stereocenters. The summed E-state index contributed by atoms with van der Waals surface area (Å²) in [7, 11) is 1.55. The molecule has 1 amide bonds. The molecular weight excluding hydrogens is 388 g/mol. The molecule has 1 heterocycles. The van der Waals surface area contributed by atoms with E-state index in [-0.39, 0.29) is 5.91 Å². The van der Waals surface area contributed by atoms with Crippen molar-refractivity contribution in [3.63, 3.8) is 0 Å². The maximum atomic E-state index is 12.4. The van der Waals surface area contributed by atoms with Crippen LogP contribution in [0.2, 0.25) is 0 Å². The van der Waals surface area contributed by atoms with Crippen molar-refractivity contribution >= 4 is 38.3 Å². The second-order valence-corrected chi connectivity index (χ2v) is 7.02. The molecule has 0 saturated heterocycles. The van der Waals surface area contributed by atoms with Gasteiger partial charge in [0.25, 0.3) is 5.91 Å². The van der Waals surface area contributed by atoms with Crippen LogP contribution in [0, 0.1) is 0 Å². The van der Waals surface area contributed by atoms with E-state index in [2.05, 4.69) is 32.3 Å². The number of methoxy groups -OCH3 is 1. The van der Waals surface area contributed by atoms with Gasteiger partial charge in [-0.05, 0) is 23.8 Å². The third-order valence-corrected chi connectivity index (χ3v) is 5.13. The van der Waals surface area contributed by atoms with E-state index in [9.17, 15) is 4.79 Å². The zero-order valence-electron chi connectivity index (χ0n) is 13.0. The van der Waals surface area contributed by atoms with Gasteiger partial charge in [0.05, 0.1) is 12.7 Å². The summed E-state index contributed by atoms with van der Waals surface area (Å²) in [6, 6.07) is 15.2. The number of anilines is 1. The molecule has 1 N–H and O–H groups in total. The van der Waals surface area contributed by atoms with E-state index in [1.54, 1.807) is 31.5 Å². The lowest BCUT2D eigenvalue weighted by molar-refractivity contribution is 0.102. The fraction of sp³-hybridized carbons (Fsp3) is 0.111. The molecule has 0 aliphatic carbocycles. The van der Waals surface area contributed by atoms with Gasteiger partial charge in [0, 0.05) is 22.0 Å². The van der Waals surface area contributed by atoms with Gasteiger partial charge in [-0.1, -0.05) is 46.3 Å². The molecule has 122 valence electrons. The van der Waals surface area contributed by atoms with Crippen molar-refractivity contribution in [1.82, 2.24) is 4.98 Å². The predicted molar refractivity (Wildman–Crippen MR) is 100 cm³/mol. The van der Waals surface area contributed by atoms with Crippen LogP contribution in [0.15, 0.2) is 59.2 Å². The summed E-state index contributed by atoms with van der Waals surface area (Å²) in [6.45, 7) is 0. The van der Waals surface area contributed by atoms with Crippen LogP contribution >= 0.6 is 27.3 Å². The lowest BCUT2D eigenvalue weighted by atomic mass is 10.1. The van der Waals surface area contributed by atoms with E-state index >= 15 is 0 Å². The van der Waals surface area contributed by atoms with Crippen molar-refractivity contribution in [3.05, 3.63) is 75.2 Å². The third-order valence-electron chi connectivity index (χ3n) is 3.45. The summed E-state index contributed by atoms with van der Waals surface area (Å²) in [5.41, 5.74) is 1.67. The maximum Gasteiger partial charge on any atom is 0.261 e. The minimum Gasteiger partial charge on any atom is -0.496 e. The lowest BCUT2D eigenvalue weighted by Gasteiger charge is -2.07. The third kappa shape index (κ3) is 3.83. The number of para-hydroxylation sites is 1. The number of thiazole rings is 1. The van der Waals surface area contributed by atoms with E-state index < -0.39 is 0 Å². The first-order valence-electron chi connectivity index (χ1n) is 7.30. The van der Waals surface area contributed by atoms with Crippen LogP contribution in [-0.2, 0) is 6.42 Å². The first kappa shape index (κ1) is 16.7. The van der Waals surface area contributed by atoms with Gasteiger partial charge in [-0.2, -0.15) is 0 Å². The number of benzene rings is 2. The van der Waals surface area contributed by atoms with Crippen LogP contribution in [0.3, 0.4) is 0 Å². The number of carbonyl (C=O) groups is 1. The average Bonchev–Trinajstić information content (AvgIpc) is 3.04. The van der Waals surface area contributed by atoms with Gasteiger partial charge in [-0.15, -0.1) is 11.3 Å². The highest BCUT2D eigenvalue weighted by atomic mass is 79.9. The lowest BCUT2D eigenvalue weighted by Crippen LogP contribution is -2.12. The average molecular weight is 403 g/mol. The van der Waals surface area contributed by atoms with E-state index in [4.69, 9.17) is 4.74 Å². The zero-order chi connectivity index (χ0) is 16.9. The minimum absolute atomic E-state index is 0.228. The molecule has 3 aromatic rings. The fourth-order valence-electron chi connectivity index (χ4n) is 2.27. The Kier molecular flexibility index (Phi) is 5.27. The Labute approximate surface area is 152 Å². The van der Waals surface area contributed by atoms with Crippen LogP contribution in [-0.4, -0.2) is 18.0 Å². The van der Waals surface area contributed by atoms with Crippen molar-refractivity contribution in [3.8, 4) is 5.75 Å². The van der Waals surface area contributed by atoms with Crippen molar-refractivity contribution < 1.29 is 9.53 Å². The molecular formula is C18H15BrN2O2S. The number of hydrogen-bond acceptors (Lipinski definition) is 4. The van der Waals surface area contributed by atoms with Gasteiger partial charge in [0.15, 0.2) is 5.13 Å². The molecule has 0 saturated carbocycles. The maximum absolute atomic E-state index is 12.4. The number of rotatable bonds is 5. The molecule has 2 aromatic carbocycles. The van der Waals surface area contributed by atoms with Crippen LogP contribution in [0.5, 0.6) is 5.75 Å². The van der Waals surface area contributed by atoms with Crippen molar-refractivity contribution in [2.24, 2.45) is 0 Å². The van der Waals surface area contributed by atoms with E-state index in [0.29, 0.717) is 16.4 Å². The molecule has 0 aliphatic rings. The number of aromatic nitrogens is 1. The Morgan fingerprint density at radius 1 is 1.21 bits per heavy atom. The predicted octanol–water partition coefficient (Wildman–Crippen LogP) is 4.76. The summed E-state index contributed by atoms with van der Waals surface area (Å²) in [6.07, 6.45) is 2.56. The van der Waals surface area contributed by atoms with Crippen LogP contribution in [0.4, 0.5) is 5.13 Å². The first-order valence-corrected chi connectivity index (χ1v) is 8.91. The highest BCUT2D eigenvalue weighted by molar-refractivity contribution is 9.10. The molecule has 0 aliphatic heterocycles. The van der Waals surface area contributed by atoms with E-state index in [1.807, 2.05) is 24.3 Å². The minimum atomic E-state index is -0.228. The monoisotopic (exact) mass is 402 g/mol. The molecule has 0 spiro atoms. The van der Waals surface area contributed by atoms with Gasteiger partial charge in [-0.3, -0.25) is 10.1 Å². The summed E-state index contributed by atoms with van der Waals surface area (Å²) in [4.78, 5) is 17.8.